The first-order valence-electron chi connectivity index (χ1n) is 9.88. The number of carbonyl (C=O) groups excluding carboxylic acids is 1. The molecule has 1 heterocycles. The van der Waals surface area contributed by atoms with Gasteiger partial charge in [0.25, 0.3) is 5.91 Å². The summed E-state index contributed by atoms with van der Waals surface area (Å²) in [5.74, 6) is -0.466. The van der Waals surface area contributed by atoms with E-state index in [9.17, 15) is 9.18 Å². The van der Waals surface area contributed by atoms with Crippen molar-refractivity contribution in [3.8, 4) is 0 Å². The lowest BCUT2D eigenvalue weighted by molar-refractivity contribution is -0.125. The zero-order chi connectivity index (χ0) is 21.3. The van der Waals surface area contributed by atoms with Crippen LogP contribution >= 0.6 is 0 Å². The summed E-state index contributed by atoms with van der Waals surface area (Å²) in [6, 6.07) is 12.6. The van der Waals surface area contributed by atoms with Gasteiger partial charge in [0.05, 0.1) is 13.2 Å². The molecule has 0 unspecified atom stereocenters. The number of morpholine rings is 1. The third-order valence-corrected chi connectivity index (χ3v) is 4.82. The van der Waals surface area contributed by atoms with Gasteiger partial charge in [-0.1, -0.05) is 35.5 Å². The Morgan fingerprint density at radius 3 is 2.80 bits per heavy atom. The predicted molar refractivity (Wildman–Crippen MR) is 112 cm³/mol. The van der Waals surface area contributed by atoms with Crippen molar-refractivity contribution in [2.45, 2.75) is 20.0 Å². The molecule has 1 aliphatic rings. The molecular formula is C22H27FN4O3. The summed E-state index contributed by atoms with van der Waals surface area (Å²) < 4.78 is 18.9. The first-order valence-corrected chi connectivity index (χ1v) is 9.88. The third kappa shape index (κ3) is 6.53. The summed E-state index contributed by atoms with van der Waals surface area (Å²) in [5.41, 5.74) is 9.09. The molecule has 1 fully saturated rings. The molecule has 7 nitrogen and oxygen atoms in total. The van der Waals surface area contributed by atoms with Crippen LogP contribution in [0.15, 0.2) is 47.6 Å². The van der Waals surface area contributed by atoms with Crippen molar-refractivity contribution < 1.29 is 18.8 Å². The van der Waals surface area contributed by atoms with E-state index in [0.29, 0.717) is 11.1 Å². The average Bonchev–Trinajstić information content (AvgIpc) is 2.75. The van der Waals surface area contributed by atoms with E-state index in [1.807, 2.05) is 24.3 Å². The fourth-order valence-corrected chi connectivity index (χ4v) is 3.06. The number of benzene rings is 2. The lowest BCUT2D eigenvalue weighted by Crippen LogP contribution is -2.35. The van der Waals surface area contributed by atoms with E-state index < -0.39 is 0 Å². The first kappa shape index (κ1) is 21.7. The van der Waals surface area contributed by atoms with Crippen molar-refractivity contribution in [1.29, 1.82) is 0 Å². The molecule has 160 valence electrons. The highest BCUT2D eigenvalue weighted by Gasteiger charge is 2.11. The number of aryl methyl sites for hydroxylation is 1. The molecular weight excluding hydrogens is 387 g/mol. The normalized spacial score (nSPS) is 15.1. The Kier molecular flexibility index (Phi) is 7.75. The summed E-state index contributed by atoms with van der Waals surface area (Å²) in [6.07, 6.45) is 0. The van der Waals surface area contributed by atoms with Crippen LogP contribution in [0.4, 0.5) is 4.39 Å². The van der Waals surface area contributed by atoms with Crippen molar-refractivity contribution in [3.63, 3.8) is 0 Å². The molecule has 0 bridgehead atoms. The summed E-state index contributed by atoms with van der Waals surface area (Å²) in [7, 11) is 0. The van der Waals surface area contributed by atoms with Gasteiger partial charge in [-0.05, 0) is 35.7 Å². The Labute approximate surface area is 175 Å². The van der Waals surface area contributed by atoms with Gasteiger partial charge in [-0.25, -0.2) is 4.39 Å². The number of nitrogens with zero attached hydrogens (tertiary/aromatic N) is 2. The standard InChI is InChI=1S/C22H27FN4O3/c1-16-5-6-17(12-20(16)23)13-25-21(28)15-30-26-22(24)19-4-2-3-18(11-19)14-27-7-9-29-10-8-27/h2-6,11-12H,7-10,13-15H2,1H3,(H2,24,26)(H,25,28). The first-order chi connectivity index (χ1) is 14.5. The maximum Gasteiger partial charge on any atom is 0.261 e. The van der Waals surface area contributed by atoms with E-state index in [0.717, 1.165) is 44.0 Å². The van der Waals surface area contributed by atoms with Crippen molar-refractivity contribution in [3.05, 3.63) is 70.5 Å². The fraction of sp³-hybridized carbons (Fsp3) is 0.364. The zero-order valence-corrected chi connectivity index (χ0v) is 17.1. The number of hydrogen-bond acceptors (Lipinski definition) is 5. The van der Waals surface area contributed by atoms with E-state index in [1.165, 1.54) is 6.07 Å². The summed E-state index contributed by atoms with van der Waals surface area (Å²) in [6.45, 7) is 5.74. The fourth-order valence-electron chi connectivity index (χ4n) is 3.06. The summed E-state index contributed by atoms with van der Waals surface area (Å²) >= 11 is 0. The Morgan fingerprint density at radius 2 is 2.03 bits per heavy atom. The van der Waals surface area contributed by atoms with Crippen LogP contribution in [0, 0.1) is 12.7 Å². The number of carbonyl (C=O) groups is 1. The van der Waals surface area contributed by atoms with Gasteiger partial charge >= 0.3 is 0 Å². The molecule has 30 heavy (non-hydrogen) atoms. The van der Waals surface area contributed by atoms with Crippen LogP contribution < -0.4 is 11.1 Å². The largest absolute Gasteiger partial charge is 0.384 e. The number of nitrogens with two attached hydrogens (primary N) is 1. The Bertz CT molecular complexity index is 898. The van der Waals surface area contributed by atoms with Gasteiger partial charge in [0, 0.05) is 31.7 Å². The monoisotopic (exact) mass is 414 g/mol. The quantitative estimate of drug-likeness (QED) is 0.391. The Morgan fingerprint density at radius 1 is 1.23 bits per heavy atom. The predicted octanol–water partition coefficient (Wildman–Crippen LogP) is 1.92. The second-order valence-electron chi connectivity index (χ2n) is 7.20. The number of amidine groups is 1. The van der Waals surface area contributed by atoms with E-state index in [1.54, 1.807) is 19.1 Å². The Hall–Kier alpha value is -2.97. The van der Waals surface area contributed by atoms with Crippen LogP contribution in [0.1, 0.15) is 22.3 Å². The van der Waals surface area contributed by atoms with Gasteiger partial charge in [0.2, 0.25) is 0 Å². The third-order valence-electron chi connectivity index (χ3n) is 4.82. The van der Waals surface area contributed by atoms with Crippen LogP contribution in [0.5, 0.6) is 0 Å². The number of rotatable bonds is 8. The van der Waals surface area contributed by atoms with Gasteiger partial charge in [0.1, 0.15) is 5.82 Å². The number of halogens is 1. The number of amides is 1. The van der Waals surface area contributed by atoms with Crippen LogP contribution in [0.2, 0.25) is 0 Å². The summed E-state index contributed by atoms with van der Waals surface area (Å²) in [5, 5.41) is 6.50. The lowest BCUT2D eigenvalue weighted by atomic mass is 10.1. The number of hydrogen-bond donors (Lipinski definition) is 2. The second-order valence-corrected chi connectivity index (χ2v) is 7.20. The number of oxime groups is 1. The molecule has 0 aromatic heterocycles. The van der Waals surface area contributed by atoms with Gasteiger partial charge in [0.15, 0.2) is 12.4 Å². The van der Waals surface area contributed by atoms with Gasteiger partial charge in [-0.15, -0.1) is 0 Å². The van der Waals surface area contributed by atoms with E-state index >= 15 is 0 Å². The molecule has 3 rings (SSSR count). The van der Waals surface area contributed by atoms with E-state index in [4.69, 9.17) is 15.3 Å². The minimum atomic E-state index is -0.367. The van der Waals surface area contributed by atoms with Crippen molar-refractivity contribution in [2.24, 2.45) is 10.9 Å². The smallest absolute Gasteiger partial charge is 0.261 e. The molecule has 0 radical (unpaired) electrons. The zero-order valence-electron chi connectivity index (χ0n) is 17.1. The molecule has 3 N–H and O–H groups in total. The molecule has 8 heteroatoms. The highest BCUT2D eigenvalue weighted by atomic mass is 19.1. The minimum absolute atomic E-state index is 0.201. The van der Waals surface area contributed by atoms with Crippen LogP contribution in [0.3, 0.4) is 0 Å². The Balaban J connectivity index is 1.46. The second kappa shape index (κ2) is 10.7. The molecule has 0 aliphatic carbocycles. The topological polar surface area (TPSA) is 89.2 Å². The highest BCUT2D eigenvalue weighted by molar-refractivity contribution is 5.97. The van der Waals surface area contributed by atoms with E-state index in [-0.39, 0.29) is 30.7 Å². The maximum atomic E-state index is 13.5. The SMILES string of the molecule is Cc1ccc(CNC(=O)CO/N=C(/N)c2cccc(CN3CCOCC3)c2)cc1F. The number of ether oxygens (including phenoxy) is 1. The lowest BCUT2D eigenvalue weighted by Gasteiger charge is -2.26. The van der Waals surface area contributed by atoms with Gasteiger partial charge < -0.3 is 20.6 Å². The van der Waals surface area contributed by atoms with Crippen LogP contribution in [-0.2, 0) is 27.5 Å². The van der Waals surface area contributed by atoms with E-state index in [2.05, 4.69) is 15.4 Å². The molecule has 0 spiro atoms. The molecule has 1 saturated heterocycles. The molecule has 2 aromatic carbocycles. The van der Waals surface area contributed by atoms with Crippen LogP contribution in [-0.4, -0.2) is 49.6 Å². The summed E-state index contributed by atoms with van der Waals surface area (Å²) in [4.78, 5) is 19.3. The van der Waals surface area contributed by atoms with Gasteiger partial charge in [-0.2, -0.15) is 0 Å². The average molecular weight is 414 g/mol. The molecule has 1 amide bonds. The van der Waals surface area contributed by atoms with Crippen molar-refractivity contribution >= 4 is 11.7 Å². The maximum absolute atomic E-state index is 13.5. The molecule has 2 aromatic rings. The highest BCUT2D eigenvalue weighted by Crippen LogP contribution is 2.11. The van der Waals surface area contributed by atoms with Crippen molar-refractivity contribution in [1.82, 2.24) is 10.2 Å². The van der Waals surface area contributed by atoms with Crippen LogP contribution in [0.25, 0.3) is 0 Å². The minimum Gasteiger partial charge on any atom is -0.384 e. The molecule has 0 atom stereocenters. The molecule has 0 saturated carbocycles. The number of nitrogens with one attached hydrogen (secondary N) is 1. The molecule has 1 aliphatic heterocycles. The van der Waals surface area contributed by atoms with Gasteiger partial charge in [-0.3, -0.25) is 9.69 Å². The van der Waals surface area contributed by atoms with Crippen molar-refractivity contribution in [2.75, 3.05) is 32.9 Å².